The standard InChI is InChI=1S/C31H30F4N2O3/c1-40-30(31(33,34)35,24-9-5-8-23(18-24)21-6-3-2-4-7-21)28(39)37-16-14-29(15-17-37)19-27(38)36-20-26(29)22-10-12-25(32)13-11-22/h2-13,18,26H,14-17,19-20H2,1H3,(H,36,38)/t26-,30-/m0/s1. The number of rotatable bonds is 5. The fourth-order valence-electron chi connectivity index (χ4n) is 6.29. The number of halogens is 4. The molecule has 0 aliphatic carbocycles. The lowest BCUT2D eigenvalue weighted by molar-refractivity contribution is -0.271. The molecule has 0 aromatic heterocycles. The molecule has 0 unspecified atom stereocenters. The Morgan fingerprint density at radius 2 is 1.60 bits per heavy atom. The van der Waals surface area contributed by atoms with Crippen LogP contribution in [0.1, 0.15) is 36.3 Å². The van der Waals surface area contributed by atoms with E-state index in [0.29, 0.717) is 30.5 Å². The van der Waals surface area contributed by atoms with Crippen molar-refractivity contribution in [3.05, 3.63) is 95.8 Å². The van der Waals surface area contributed by atoms with E-state index < -0.39 is 23.1 Å². The molecule has 2 heterocycles. The van der Waals surface area contributed by atoms with Gasteiger partial charge in [-0.05, 0) is 53.1 Å². The normalized spacial score (nSPS) is 20.6. The molecule has 5 rings (SSSR count). The van der Waals surface area contributed by atoms with Gasteiger partial charge in [0.25, 0.3) is 11.5 Å². The van der Waals surface area contributed by atoms with E-state index in [2.05, 4.69) is 5.32 Å². The summed E-state index contributed by atoms with van der Waals surface area (Å²) >= 11 is 0. The number of nitrogens with zero attached hydrogens (tertiary/aromatic N) is 1. The van der Waals surface area contributed by atoms with Crippen molar-refractivity contribution >= 4 is 11.8 Å². The number of piperidine rings is 2. The Hall–Kier alpha value is -3.72. The molecule has 3 aromatic rings. The van der Waals surface area contributed by atoms with Crippen molar-refractivity contribution in [1.29, 1.82) is 0 Å². The summed E-state index contributed by atoms with van der Waals surface area (Å²) in [6.45, 7) is 0.405. The third kappa shape index (κ3) is 4.87. The largest absolute Gasteiger partial charge is 0.430 e. The number of carbonyl (C=O) groups is 2. The molecule has 210 valence electrons. The van der Waals surface area contributed by atoms with Gasteiger partial charge in [-0.2, -0.15) is 13.2 Å². The van der Waals surface area contributed by atoms with E-state index in [-0.39, 0.29) is 42.7 Å². The van der Waals surface area contributed by atoms with E-state index in [1.807, 2.05) is 6.07 Å². The van der Waals surface area contributed by atoms with Gasteiger partial charge >= 0.3 is 6.18 Å². The fraction of sp³-hybridized carbons (Fsp3) is 0.355. The van der Waals surface area contributed by atoms with Crippen LogP contribution in [0.3, 0.4) is 0 Å². The first-order valence-corrected chi connectivity index (χ1v) is 13.2. The van der Waals surface area contributed by atoms with Crippen molar-refractivity contribution < 1.29 is 31.9 Å². The number of hydrogen-bond donors (Lipinski definition) is 1. The smallest absolute Gasteiger partial charge is 0.356 e. The maximum absolute atomic E-state index is 14.9. The van der Waals surface area contributed by atoms with Crippen molar-refractivity contribution in [2.75, 3.05) is 26.7 Å². The van der Waals surface area contributed by atoms with Crippen LogP contribution in [-0.2, 0) is 19.9 Å². The molecule has 0 radical (unpaired) electrons. The zero-order valence-corrected chi connectivity index (χ0v) is 22.0. The number of nitrogens with one attached hydrogen (secondary N) is 1. The SMILES string of the molecule is CO[C@](C(=O)N1CCC2(CC1)CC(=O)NC[C@H]2c1ccc(F)cc1)(c1cccc(-c2ccccc2)c1)C(F)(F)F. The molecule has 1 spiro atoms. The van der Waals surface area contributed by atoms with Crippen molar-refractivity contribution in [3.8, 4) is 11.1 Å². The molecule has 2 aliphatic rings. The summed E-state index contributed by atoms with van der Waals surface area (Å²) in [6.07, 6.45) is -4.19. The quantitative estimate of drug-likeness (QED) is 0.405. The van der Waals surface area contributed by atoms with Crippen LogP contribution >= 0.6 is 0 Å². The Labute approximate surface area is 230 Å². The van der Waals surface area contributed by atoms with Crippen molar-refractivity contribution in [3.63, 3.8) is 0 Å². The lowest BCUT2D eigenvalue weighted by Gasteiger charge is -2.50. The highest BCUT2D eigenvalue weighted by Gasteiger charge is 2.64. The molecule has 3 aromatic carbocycles. The Kier molecular flexibility index (Phi) is 7.44. The van der Waals surface area contributed by atoms with Crippen LogP contribution in [0, 0.1) is 11.2 Å². The Morgan fingerprint density at radius 1 is 0.950 bits per heavy atom. The van der Waals surface area contributed by atoms with E-state index in [1.165, 1.54) is 35.2 Å². The fourth-order valence-corrected chi connectivity index (χ4v) is 6.29. The monoisotopic (exact) mass is 554 g/mol. The molecule has 1 N–H and O–H groups in total. The zero-order valence-electron chi connectivity index (χ0n) is 22.0. The van der Waals surface area contributed by atoms with Crippen LogP contribution in [0.25, 0.3) is 11.1 Å². The Morgan fingerprint density at radius 3 is 2.23 bits per heavy atom. The van der Waals surface area contributed by atoms with Gasteiger partial charge in [0.05, 0.1) is 0 Å². The van der Waals surface area contributed by atoms with Gasteiger partial charge in [-0.25, -0.2) is 4.39 Å². The average Bonchev–Trinajstić information content (AvgIpc) is 2.95. The molecular formula is C31H30F4N2O3. The van der Waals surface area contributed by atoms with Gasteiger partial charge in [0.1, 0.15) is 5.82 Å². The highest BCUT2D eigenvalue weighted by atomic mass is 19.4. The van der Waals surface area contributed by atoms with E-state index in [9.17, 15) is 27.2 Å². The Bertz CT molecular complexity index is 1370. The number of likely N-dealkylation sites (tertiary alicyclic amines) is 1. The molecule has 5 nitrogen and oxygen atoms in total. The summed E-state index contributed by atoms with van der Waals surface area (Å²) in [5.74, 6) is -1.85. The molecule has 2 atom stereocenters. The molecule has 0 saturated carbocycles. The number of alkyl halides is 3. The average molecular weight is 555 g/mol. The Balaban J connectivity index is 1.45. The second-order valence-corrected chi connectivity index (χ2v) is 10.6. The molecular weight excluding hydrogens is 524 g/mol. The second kappa shape index (κ2) is 10.7. The highest BCUT2D eigenvalue weighted by molar-refractivity contribution is 5.88. The van der Waals surface area contributed by atoms with E-state index in [0.717, 1.165) is 12.7 Å². The van der Waals surface area contributed by atoms with Crippen molar-refractivity contribution in [2.45, 2.75) is 37.0 Å². The van der Waals surface area contributed by atoms with Crippen LogP contribution in [0.15, 0.2) is 78.9 Å². The van der Waals surface area contributed by atoms with E-state index >= 15 is 0 Å². The summed E-state index contributed by atoms with van der Waals surface area (Å²) in [6, 6.07) is 20.8. The third-order valence-corrected chi connectivity index (χ3v) is 8.46. The molecule has 2 saturated heterocycles. The molecule has 2 amide bonds. The van der Waals surface area contributed by atoms with Crippen molar-refractivity contribution in [2.24, 2.45) is 5.41 Å². The van der Waals surface area contributed by atoms with Crippen LogP contribution in [0.4, 0.5) is 17.6 Å². The minimum Gasteiger partial charge on any atom is -0.356 e. The summed E-state index contributed by atoms with van der Waals surface area (Å²) < 4.78 is 63.3. The highest BCUT2D eigenvalue weighted by Crippen LogP contribution is 2.50. The van der Waals surface area contributed by atoms with Gasteiger partial charge in [-0.15, -0.1) is 0 Å². The minimum atomic E-state index is -5.04. The molecule has 0 bridgehead atoms. The van der Waals surface area contributed by atoms with Crippen LogP contribution in [0.5, 0.6) is 0 Å². The third-order valence-electron chi connectivity index (χ3n) is 8.46. The van der Waals surface area contributed by atoms with Crippen LogP contribution < -0.4 is 5.32 Å². The summed E-state index contributed by atoms with van der Waals surface area (Å²) in [5, 5.41) is 2.86. The van der Waals surface area contributed by atoms with Gasteiger partial charge in [-0.3, -0.25) is 9.59 Å². The van der Waals surface area contributed by atoms with E-state index in [1.54, 1.807) is 42.5 Å². The maximum Gasteiger partial charge on any atom is 0.430 e. The second-order valence-electron chi connectivity index (χ2n) is 10.6. The first kappa shape index (κ1) is 27.8. The summed E-state index contributed by atoms with van der Waals surface area (Å²) in [5.41, 5.74) is -1.95. The molecule has 9 heteroatoms. The lowest BCUT2D eigenvalue weighted by Crippen LogP contribution is -2.60. The number of amides is 2. The number of methoxy groups -OCH3 is 1. The number of benzene rings is 3. The first-order chi connectivity index (χ1) is 19.1. The van der Waals surface area contributed by atoms with Gasteiger partial charge in [-0.1, -0.05) is 60.7 Å². The lowest BCUT2D eigenvalue weighted by atomic mass is 9.62. The predicted octanol–water partition coefficient (Wildman–Crippen LogP) is 5.81. The number of hydrogen-bond acceptors (Lipinski definition) is 3. The zero-order chi connectivity index (χ0) is 28.5. The van der Waals surface area contributed by atoms with E-state index in [4.69, 9.17) is 4.74 Å². The minimum absolute atomic E-state index is 0.0311. The molecule has 2 fully saturated rings. The van der Waals surface area contributed by atoms with Crippen LogP contribution in [-0.4, -0.2) is 49.6 Å². The summed E-state index contributed by atoms with van der Waals surface area (Å²) in [4.78, 5) is 27.5. The topological polar surface area (TPSA) is 58.6 Å². The van der Waals surface area contributed by atoms with Gasteiger partial charge < -0.3 is 15.0 Å². The number of ether oxygens (including phenoxy) is 1. The van der Waals surface area contributed by atoms with Crippen molar-refractivity contribution in [1.82, 2.24) is 10.2 Å². The summed E-state index contributed by atoms with van der Waals surface area (Å²) in [7, 11) is 0.905. The molecule has 40 heavy (non-hydrogen) atoms. The first-order valence-electron chi connectivity index (χ1n) is 13.2. The van der Waals surface area contributed by atoms with Gasteiger partial charge in [0.15, 0.2) is 0 Å². The van der Waals surface area contributed by atoms with Gasteiger partial charge in [0.2, 0.25) is 5.91 Å². The maximum atomic E-state index is 14.9. The number of carbonyl (C=O) groups excluding carboxylic acids is 2. The molecule has 2 aliphatic heterocycles. The predicted molar refractivity (Wildman–Crippen MR) is 142 cm³/mol. The van der Waals surface area contributed by atoms with Gasteiger partial charge in [0, 0.05) is 44.6 Å². The van der Waals surface area contributed by atoms with Crippen LogP contribution in [0.2, 0.25) is 0 Å².